The number of halogens is 1. The Bertz CT molecular complexity index is 1390. The summed E-state index contributed by atoms with van der Waals surface area (Å²) in [6, 6.07) is 12.3. The van der Waals surface area contributed by atoms with E-state index in [4.69, 9.17) is 11.6 Å². The van der Waals surface area contributed by atoms with Crippen molar-refractivity contribution >= 4 is 40.5 Å². The highest BCUT2D eigenvalue weighted by molar-refractivity contribution is 6.36. The van der Waals surface area contributed by atoms with E-state index in [1.54, 1.807) is 11.1 Å². The van der Waals surface area contributed by atoms with Crippen LogP contribution in [0, 0.1) is 0 Å². The Morgan fingerprint density at radius 1 is 0.971 bits per heavy atom. The number of fused-ring (bicyclic) bond motifs is 2. The van der Waals surface area contributed by atoms with Crippen LogP contribution in [0.15, 0.2) is 48.8 Å². The number of carbonyl (C=O) groups excluding carboxylic acids is 1. The molecule has 0 radical (unpaired) electrons. The molecule has 0 spiro atoms. The SMILES string of the molecule is CN1CCN(c2cc(-c3[nH]c4nccc(Cl)c4c3-c3ccc4c(c3)N(C=O)CC4)ccn2)CC1. The van der Waals surface area contributed by atoms with Gasteiger partial charge in [0.1, 0.15) is 11.5 Å². The highest BCUT2D eigenvalue weighted by atomic mass is 35.5. The molecule has 1 aromatic carbocycles. The Kier molecular flexibility index (Phi) is 5.23. The molecule has 1 amide bonds. The predicted molar refractivity (Wildman–Crippen MR) is 137 cm³/mol. The molecule has 3 aromatic heterocycles. The van der Waals surface area contributed by atoms with Crippen molar-refractivity contribution in [3.8, 4) is 22.4 Å². The third-order valence-electron chi connectivity index (χ3n) is 6.94. The number of nitrogens with zero attached hydrogens (tertiary/aromatic N) is 5. The van der Waals surface area contributed by atoms with Crippen LogP contribution in [0.5, 0.6) is 0 Å². The summed E-state index contributed by atoms with van der Waals surface area (Å²) >= 11 is 6.70. The lowest BCUT2D eigenvalue weighted by Crippen LogP contribution is -2.44. The molecule has 2 aliphatic heterocycles. The molecule has 1 fully saturated rings. The Labute approximate surface area is 203 Å². The minimum absolute atomic E-state index is 0.642. The molecule has 8 heteroatoms. The van der Waals surface area contributed by atoms with E-state index >= 15 is 0 Å². The van der Waals surface area contributed by atoms with E-state index in [2.05, 4.69) is 56.1 Å². The zero-order valence-electron chi connectivity index (χ0n) is 19.0. The highest BCUT2D eigenvalue weighted by Crippen LogP contribution is 2.43. The number of benzene rings is 1. The van der Waals surface area contributed by atoms with Gasteiger partial charge in [-0.3, -0.25) is 4.79 Å². The van der Waals surface area contributed by atoms with Gasteiger partial charge in [-0.2, -0.15) is 0 Å². The van der Waals surface area contributed by atoms with Crippen LogP contribution in [0.3, 0.4) is 0 Å². The van der Waals surface area contributed by atoms with Crippen LogP contribution in [0.25, 0.3) is 33.4 Å². The first kappa shape index (κ1) is 21.1. The van der Waals surface area contributed by atoms with Gasteiger partial charge in [0.25, 0.3) is 0 Å². The van der Waals surface area contributed by atoms with E-state index in [1.807, 2.05) is 18.3 Å². The Morgan fingerprint density at radius 3 is 2.62 bits per heavy atom. The molecular formula is C26H25ClN6O. The fourth-order valence-electron chi connectivity index (χ4n) is 5.03. The minimum atomic E-state index is 0.642. The number of likely N-dealkylation sites (N-methyl/N-ethyl adjacent to an activating group) is 1. The van der Waals surface area contributed by atoms with E-state index in [1.165, 1.54) is 5.56 Å². The first-order valence-electron chi connectivity index (χ1n) is 11.5. The van der Waals surface area contributed by atoms with Crippen molar-refractivity contribution in [3.63, 3.8) is 0 Å². The first-order chi connectivity index (χ1) is 16.6. The third-order valence-corrected chi connectivity index (χ3v) is 7.25. The summed E-state index contributed by atoms with van der Waals surface area (Å²) in [5.41, 5.74) is 6.85. The lowest BCUT2D eigenvalue weighted by molar-refractivity contribution is -0.107. The van der Waals surface area contributed by atoms with Crippen molar-refractivity contribution in [3.05, 3.63) is 59.4 Å². The Morgan fingerprint density at radius 2 is 1.79 bits per heavy atom. The number of amides is 1. The second kappa shape index (κ2) is 8.42. The second-order valence-corrected chi connectivity index (χ2v) is 9.38. The maximum absolute atomic E-state index is 11.6. The molecule has 0 bridgehead atoms. The van der Waals surface area contributed by atoms with Gasteiger partial charge in [-0.15, -0.1) is 0 Å². The maximum atomic E-state index is 11.6. The standard InChI is InChI=1S/C26H25ClN6O/c1-31-10-12-32(13-11-31)22-15-19(4-7-28-22)25-23(24-20(27)5-8-29-26(24)30-25)18-3-2-17-6-9-33(16-34)21(17)14-18/h2-5,7-8,14-16H,6,9-13H2,1H3,(H,29,30). The normalized spacial score (nSPS) is 16.3. The summed E-state index contributed by atoms with van der Waals surface area (Å²) in [7, 11) is 2.15. The van der Waals surface area contributed by atoms with Crippen LogP contribution in [0.1, 0.15) is 5.56 Å². The average Bonchev–Trinajstić information content (AvgIpc) is 3.46. The number of aromatic amines is 1. The van der Waals surface area contributed by atoms with Crippen LogP contribution in [0.4, 0.5) is 11.5 Å². The molecule has 5 heterocycles. The zero-order valence-corrected chi connectivity index (χ0v) is 19.7. The van der Waals surface area contributed by atoms with Crippen molar-refractivity contribution in [2.24, 2.45) is 0 Å². The Balaban J connectivity index is 1.51. The number of carbonyl (C=O) groups is 1. The van der Waals surface area contributed by atoms with Crippen molar-refractivity contribution in [2.45, 2.75) is 6.42 Å². The fraction of sp³-hybridized carbons (Fsp3) is 0.269. The molecule has 1 N–H and O–H groups in total. The van der Waals surface area contributed by atoms with Crippen LogP contribution < -0.4 is 9.80 Å². The molecule has 0 unspecified atom stereocenters. The number of rotatable bonds is 4. The van der Waals surface area contributed by atoms with Crippen molar-refractivity contribution in [2.75, 3.05) is 49.6 Å². The number of H-pyrrole nitrogens is 1. The van der Waals surface area contributed by atoms with E-state index in [0.29, 0.717) is 11.6 Å². The fourth-order valence-corrected chi connectivity index (χ4v) is 5.27. The van der Waals surface area contributed by atoms with Crippen molar-refractivity contribution < 1.29 is 4.79 Å². The number of anilines is 2. The van der Waals surface area contributed by atoms with Gasteiger partial charge >= 0.3 is 0 Å². The van der Waals surface area contributed by atoms with E-state index in [-0.39, 0.29) is 0 Å². The van der Waals surface area contributed by atoms with Gasteiger partial charge in [0, 0.05) is 67.3 Å². The van der Waals surface area contributed by atoms with Crippen LogP contribution in [-0.2, 0) is 11.2 Å². The van der Waals surface area contributed by atoms with Crippen LogP contribution in [0.2, 0.25) is 5.02 Å². The molecule has 4 aromatic rings. The summed E-state index contributed by atoms with van der Waals surface area (Å²) < 4.78 is 0. The van der Waals surface area contributed by atoms with Gasteiger partial charge in [-0.25, -0.2) is 9.97 Å². The highest BCUT2D eigenvalue weighted by Gasteiger charge is 2.24. The van der Waals surface area contributed by atoms with Gasteiger partial charge in [0.05, 0.1) is 10.7 Å². The summed E-state index contributed by atoms with van der Waals surface area (Å²) in [5, 5.41) is 1.52. The van der Waals surface area contributed by atoms with E-state index < -0.39 is 0 Å². The van der Waals surface area contributed by atoms with Gasteiger partial charge in [-0.1, -0.05) is 23.7 Å². The summed E-state index contributed by atoms with van der Waals surface area (Å²) in [6.07, 6.45) is 5.36. The van der Waals surface area contributed by atoms with E-state index in [0.717, 1.165) is 83.9 Å². The van der Waals surface area contributed by atoms with Gasteiger partial charge in [0.2, 0.25) is 6.41 Å². The van der Waals surface area contributed by atoms with Gasteiger partial charge in [-0.05, 0) is 48.9 Å². The molecular weight excluding hydrogens is 448 g/mol. The minimum Gasteiger partial charge on any atom is -0.354 e. The van der Waals surface area contributed by atoms with Gasteiger partial charge < -0.3 is 19.7 Å². The number of aromatic nitrogens is 3. The van der Waals surface area contributed by atoms with Crippen molar-refractivity contribution in [1.82, 2.24) is 19.9 Å². The van der Waals surface area contributed by atoms with E-state index in [9.17, 15) is 4.79 Å². The number of hydrogen-bond acceptors (Lipinski definition) is 5. The molecule has 2 aliphatic rings. The summed E-state index contributed by atoms with van der Waals surface area (Å²) in [6.45, 7) is 4.65. The zero-order chi connectivity index (χ0) is 23.2. The molecule has 6 rings (SSSR count). The monoisotopic (exact) mass is 472 g/mol. The average molecular weight is 473 g/mol. The van der Waals surface area contributed by atoms with Crippen molar-refractivity contribution in [1.29, 1.82) is 0 Å². The lowest BCUT2D eigenvalue weighted by Gasteiger charge is -2.33. The summed E-state index contributed by atoms with van der Waals surface area (Å²) in [5.74, 6) is 0.968. The largest absolute Gasteiger partial charge is 0.354 e. The second-order valence-electron chi connectivity index (χ2n) is 8.98. The molecule has 0 atom stereocenters. The molecule has 0 saturated carbocycles. The number of hydrogen-bond donors (Lipinski definition) is 1. The number of piperazine rings is 1. The molecule has 7 nitrogen and oxygen atoms in total. The smallest absolute Gasteiger partial charge is 0.214 e. The predicted octanol–water partition coefficient (Wildman–Crippen LogP) is 4.22. The molecule has 1 saturated heterocycles. The third kappa shape index (κ3) is 3.52. The molecule has 34 heavy (non-hydrogen) atoms. The summed E-state index contributed by atoms with van der Waals surface area (Å²) in [4.78, 5) is 30.8. The Hall–Kier alpha value is -3.42. The van der Waals surface area contributed by atoms with Crippen LogP contribution in [-0.4, -0.2) is 66.0 Å². The molecule has 172 valence electrons. The molecule has 0 aliphatic carbocycles. The topological polar surface area (TPSA) is 68.4 Å². The number of pyridine rings is 2. The maximum Gasteiger partial charge on any atom is 0.214 e. The van der Waals surface area contributed by atoms with Crippen LogP contribution >= 0.6 is 11.6 Å². The van der Waals surface area contributed by atoms with Gasteiger partial charge in [0.15, 0.2) is 0 Å². The number of nitrogens with one attached hydrogen (secondary N) is 1. The first-order valence-corrected chi connectivity index (χ1v) is 11.9. The quantitative estimate of drug-likeness (QED) is 0.450. The lowest BCUT2D eigenvalue weighted by atomic mass is 9.97.